The van der Waals surface area contributed by atoms with E-state index < -0.39 is 0 Å². The number of likely N-dealkylation sites (N-methyl/N-ethyl adjacent to an activating group) is 1. The molecule has 0 bridgehead atoms. The highest BCUT2D eigenvalue weighted by molar-refractivity contribution is 7.07. The summed E-state index contributed by atoms with van der Waals surface area (Å²) in [6, 6.07) is 3.45. The van der Waals surface area contributed by atoms with Crippen LogP contribution in [0.2, 0.25) is 0 Å². The summed E-state index contributed by atoms with van der Waals surface area (Å²) in [4.78, 5) is 18.6. The molecule has 0 unspecified atom stereocenters. The first-order chi connectivity index (χ1) is 9.65. The zero-order chi connectivity index (χ0) is 14.1. The summed E-state index contributed by atoms with van der Waals surface area (Å²) in [7, 11) is 3.68. The molecule has 0 aromatic carbocycles. The van der Waals surface area contributed by atoms with Crippen LogP contribution in [0.3, 0.4) is 0 Å². The van der Waals surface area contributed by atoms with E-state index >= 15 is 0 Å². The second-order valence-corrected chi connectivity index (χ2v) is 6.85. The third-order valence-corrected chi connectivity index (χ3v) is 5.34. The molecule has 2 fully saturated rings. The van der Waals surface area contributed by atoms with E-state index in [0.29, 0.717) is 18.6 Å². The van der Waals surface area contributed by atoms with Crippen LogP contribution < -0.4 is 0 Å². The molecule has 0 aliphatic carbocycles. The summed E-state index contributed by atoms with van der Waals surface area (Å²) in [6.45, 7) is 3.88. The van der Waals surface area contributed by atoms with E-state index in [0.717, 1.165) is 19.6 Å². The first-order valence-electron chi connectivity index (χ1n) is 7.34. The Balaban J connectivity index is 1.59. The molecule has 3 rings (SSSR count). The number of carbonyl (C=O) groups is 1. The van der Waals surface area contributed by atoms with Crippen LogP contribution in [0.15, 0.2) is 16.8 Å². The normalized spacial score (nSPS) is 26.9. The molecule has 3 heterocycles. The van der Waals surface area contributed by atoms with E-state index in [9.17, 15) is 4.79 Å². The standard InChI is InChI=1S/C15H23N3OS/c1-16(2)15(19)10-18-7-4-13-14(18)3-6-17(13)9-12-5-8-20-11-12/h5,8,11,13-14H,3-4,6-7,9-10H2,1-2H3/t13-,14+/m1/s1. The summed E-state index contributed by atoms with van der Waals surface area (Å²) in [6.07, 6.45) is 2.41. The van der Waals surface area contributed by atoms with E-state index in [-0.39, 0.29) is 5.91 Å². The first-order valence-corrected chi connectivity index (χ1v) is 8.29. The Morgan fingerprint density at radius 1 is 1.30 bits per heavy atom. The average Bonchev–Trinajstić information content (AvgIpc) is 3.10. The molecule has 2 saturated heterocycles. The van der Waals surface area contributed by atoms with Gasteiger partial charge in [-0.2, -0.15) is 11.3 Å². The average molecular weight is 293 g/mol. The number of amides is 1. The minimum absolute atomic E-state index is 0.224. The predicted molar refractivity (Wildman–Crippen MR) is 81.8 cm³/mol. The summed E-state index contributed by atoms with van der Waals surface area (Å²) < 4.78 is 0. The molecule has 2 atom stereocenters. The number of thiophene rings is 1. The number of fused-ring (bicyclic) bond motifs is 1. The monoisotopic (exact) mass is 293 g/mol. The molecule has 20 heavy (non-hydrogen) atoms. The van der Waals surface area contributed by atoms with Crippen LogP contribution >= 0.6 is 11.3 Å². The van der Waals surface area contributed by atoms with Gasteiger partial charge in [-0.15, -0.1) is 0 Å². The molecule has 1 amide bonds. The molecule has 1 aromatic rings. The number of nitrogens with zero attached hydrogens (tertiary/aromatic N) is 3. The Hall–Kier alpha value is -0.910. The second kappa shape index (κ2) is 5.84. The van der Waals surface area contributed by atoms with Crippen molar-refractivity contribution in [3.63, 3.8) is 0 Å². The van der Waals surface area contributed by atoms with Gasteiger partial charge < -0.3 is 4.90 Å². The van der Waals surface area contributed by atoms with Gasteiger partial charge in [-0.1, -0.05) is 0 Å². The lowest BCUT2D eigenvalue weighted by molar-refractivity contribution is -0.130. The van der Waals surface area contributed by atoms with Gasteiger partial charge in [0.05, 0.1) is 6.54 Å². The van der Waals surface area contributed by atoms with E-state index in [1.165, 1.54) is 18.4 Å². The molecule has 2 aliphatic heterocycles. The summed E-state index contributed by atoms with van der Waals surface area (Å²) in [5, 5.41) is 4.40. The van der Waals surface area contributed by atoms with Crippen LogP contribution in [0.1, 0.15) is 18.4 Å². The Labute approximate surface area is 125 Å². The number of rotatable bonds is 4. The van der Waals surface area contributed by atoms with Gasteiger partial charge in [0.25, 0.3) is 0 Å². The molecule has 5 heteroatoms. The van der Waals surface area contributed by atoms with Crippen molar-refractivity contribution in [2.45, 2.75) is 31.5 Å². The Kier molecular flexibility index (Phi) is 4.10. The molecule has 0 N–H and O–H groups in total. The minimum atomic E-state index is 0.224. The summed E-state index contributed by atoms with van der Waals surface area (Å²) in [5.74, 6) is 0.224. The number of carbonyl (C=O) groups excluding carboxylic acids is 1. The van der Waals surface area contributed by atoms with E-state index in [1.54, 1.807) is 16.2 Å². The van der Waals surface area contributed by atoms with Crippen LogP contribution in [-0.2, 0) is 11.3 Å². The fourth-order valence-electron chi connectivity index (χ4n) is 3.49. The van der Waals surface area contributed by atoms with Crippen molar-refractivity contribution in [1.29, 1.82) is 0 Å². The lowest BCUT2D eigenvalue weighted by Crippen LogP contribution is -2.41. The largest absolute Gasteiger partial charge is 0.348 e. The van der Waals surface area contributed by atoms with Gasteiger partial charge in [-0.25, -0.2) is 0 Å². The van der Waals surface area contributed by atoms with Gasteiger partial charge in [-0.05, 0) is 35.2 Å². The SMILES string of the molecule is CN(C)C(=O)CN1CC[C@@H]2[C@@H]1CCN2Cc1ccsc1. The highest BCUT2D eigenvalue weighted by Crippen LogP contribution is 2.32. The van der Waals surface area contributed by atoms with Crippen LogP contribution in [0.25, 0.3) is 0 Å². The van der Waals surface area contributed by atoms with Crippen molar-refractivity contribution in [3.8, 4) is 0 Å². The fraction of sp³-hybridized carbons (Fsp3) is 0.667. The quantitative estimate of drug-likeness (QED) is 0.841. The van der Waals surface area contributed by atoms with Gasteiger partial charge in [0, 0.05) is 45.8 Å². The van der Waals surface area contributed by atoms with Crippen LogP contribution in [-0.4, -0.2) is 66.4 Å². The molecule has 2 aliphatic rings. The lowest BCUT2D eigenvalue weighted by Gasteiger charge is -2.25. The van der Waals surface area contributed by atoms with Crippen molar-refractivity contribution < 1.29 is 4.79 Å². The maximum atomic E-state index is 11.9. The molecule has 0 saturated carbocycles. The van der Waals surface area contributed by atoms with Crippen molar-refractivity contribution >= 4 is 17.2 Å². The number of hydrogen-bond donors (Lipinski definition) is 0. The van der Waals surface area contributed by atoms with Gasteiger partial charge in [0.1, 0.15) is 0 Å². The molecule has 0 spiro atoms. The van der Waals surface area contributed by atoms with E-state index in [4.69, 9.17) is 0 Å². The Morgan fingerprint density at radius 2 is 2.00 bits per heavy atom. The third kappa shape index (κ3) is 2.75. The maximum absolute atomic E-state index is 11.9. The van der Waals surface area contributed by atoms with Crippen molar-refractivity contribution in [1.82, 2.24) is 14.7 Å². The Bertz CT molecular complexity index is 460. The third-order valence-electron chi connectivity index (χ3n) is 4.61. The fourth-order valence-corrected chi connectivity index (χ4v) is 4.15. The van der Waals surface area contributed by atoms with Crippen molar-refractivity contribution in [2.75, 3.05) is 33.7 Å². The van der Waals surface area contributed by atoms with Crippen LogP contribution in [0, 0.1) is 0 Å². The number of likely N-dealkylation sites (tertiary alicyclic amines) is 2. The molecular weight excluding hydrogens is 270 g/mol. The molecule has 4 nitrogen and oxygen atoms in total. The highest BCUT2D eigenvalue weighted by Gasteiger charge is 2.42. The lowest BCUT2D eigenvalue weighted by atomic mass is 10.1. The van der Waals surface area contributed by atoms with Gasteiger partial charge in [0.15, 0.2) is 0 Å². The predicted octanol–water partition coefficient (Wildman–Crippen LogP) is 1.48. The van der Waals surface area contributed by atoms with Crippen LogP contribution in [0.5, 0.6) is 0 Å². The van der Waals surface area contributed by atoms with E-state index in [1.807, 2.05) is 14.1 Å². The number of hydrogen-bond acceptors (Lipinski definition) is 4. The summed E-state index contributed by atoms with van der Waals surface area (Å²) in [5.41, 5.74) is 1.43. The highest BCUT2D eigenvalue weighted by atomic mass is 32.1. The minimum Gasteiger partial charge on any atom is -0.348 e. The smallest absolute Gasteiger partial charge is 0.236 e. The summed E-state index contributed by atoms with van der Waals surface area (Å²) >= 11 is 1.77. The molecule has 0 radical (unpaired) electrons. The zero-order valence-corrected chi connectivity index (χ0v) is 13.1. The van der Waals surface area contributed by atoms with Gasteiger partial charge in [-0.3, -0.25) is 14.6 Å². The van der Waals surface area contributed by atoms with Gasteiger partial charge >= 0.3 is 0 Å². The Morgan fingerprint density at radius 3 is 2.65 bits per heavy atom. The zero-order valence-electron chi connectivity index (χ0n) is 12.3. The van der Waals surface area contributed by atoms with E-state index in [2.05, 4.69) is 26.6 Å². The van der Waals surface area contributed by atoms with Gasteiger partial charge in [0.2, 0.25) is 5.91 Å². The molecule has 1 aromatic heterocycles. The van der Waals surface area contributed by atoms with Crippen molar-refractivity contribution in [2.24, 2.45) is 0 Å². The molecular formula is C15H23N3OS. The maximum Gasteiger partial charge on any atom is 0.236 e. The topological polar surface area (TPSA) is 26.8 Å². The second-order valence-electron chi connectivity index (χ2n) is 6.07. The first kappa shape index (κ1) is 14.0. The molecule has 110 valence electrons. The van der Waals surface area contributed by atoms with Crippen LogP contribution in [0.4, 0.5) is 0 Å². The van der Waals surface area contributed by atoms with Crippen molar-refractivity contribution in [3.05, 3.63) is 22.4 Å².